The van der Waals surface area contributed by atoms with Crippen LogP contribution in [0.5, 0.6) is 5.75 Å². The van der Waals surface area contributed by atoms with E-state index in [1.807, 2.05) is 33.4 Å². The van der Waals surface area contributed by atoms with Gasteiger partial charge in [0.15, 0.2) is 11.6 Å². The molecule has 0 atom stereocenters. The molecule has 0 aliphatic carbocycles. The molecule has 0 unspecified atom stereocenters. The van der Waals surface area contributed by atoms with E-state index in [-0.39, 0.29) is 0 Å². The Morgan fingerprint density at radius 2 is 2.03 bits per heavy atom. The number of benzene rings is 1. The first-order valence-electron chi connectivity index (χ1n) is 9.46. The Morgan fingerprint density at radius 1 is 1.13 bits per heavy atom. The number of pyridine rings is 1. The van der Waals surface area contributed by atoms with Gasteiger partial charge < -0.3 is 14.0 Å². The van der Waals surface area contributed by atoms with Crippen molar-refractivity contribution in [2.45, 2.75) is 13.2 Å². The fourth-order valence-corrected chi connectivity index (χ4v) is 3.72. The highest BCUT2D eigenvalue weighted by molar-refractivity contribution is 6.31. The van der Waals surface area contributed by atoms with Crippen molar-refractivity contribution in [3.63, 3.8) is 0 Å². The largest absolute Gasteiger partial charge is 0.495 e. The minimum atomic E-state index is 0.341. The summed E-state index contributed by atoms with van der Waals surface area (Å²) < 4.78 is 14.6. The monoisotopic (exact) mass is 432 g/mol. The van der Waals surface area contributed by atoms with Crippen molar-refractivity contribution in [1.29, 1.82) is 0 Å². The summed E-state index contributed by atoms with van der Waals surface area (Å²) in [5.74, 6) is 8.40. The van der Waals surface area contributed by atoms with Crippen LogP contribution in [0.3, 0.4) is 0 Å². The average molecular weight is 433 g/mol. The Hall–Kier alpha value is -3.67. The first-order valence-corrected chi connectivity index (χ1v) is 9.84. The molecule has 1 aliphatic rings. The number of nitrogens with zero attached hydrogens (tertiary/aromatic N) is 6. The van der Waals surface area contributed by atoms with Gasteiger partial charge in [-0.2, -0.15) is 0 Å². The lowest BCUT2D eigenvalue weighted by Crippen LogP contribution is -2.09. The van der Waals surface area contributed by atoms with E-state index in [0.717, 1.165) is 28.3 Å². The molecule has 0 saturated carbocycles. The van der Waals surface area contributed by atoms with Gasteiger partial charge in [-0.1, -0.05) is 17.5 Å². The van der Waals surface area contributed by atoms with Gasteiger partial charge >= 0.3 is 0 Å². The van der Waals surface area contributed by atoms with Gasteiger partial charge in [-0.05, 0) is 30.2 Å². The molecule has 5 rings (SSSR count). The van der Waals surface area contributed by atoms with Gasteiger partial charge in [0.25, 0.3) is 0 Å². The summed E-state index contributed by atoms with van der Waals surface area (Å²) >= 11 is 6.29. The Kier molecular flexibility index (Phi) is 4.90. The van der Waals surface area contributed by atoms with E-state index in [1.54, 1.807) is 32.9 Å². The van der Waals surface area contributed by atoms with E-state index in [2.05, 4.69) is 32.0 Å². The number of methoxy groups -OCH3 is 2. The molecular weight excluding hydrogens is 416 g/mol. The third-order valence-corrected chi connectivity index (χ3v) is 5.24. The Morgan fingerprint density at radius 3 is 2.87 bits per heavy atom. The quantitative estimate of drug-likeness (QED) is 0.407. The lowest BCUT2D eigenvalue weighted by molar-refractivity contribution is 0.174. The molecule has 0 saturated heterocycles. The van der Waals surface area contributed by atoms with Gasteiger partial charge in [-0.25, -0.2) is 4.98 Å². The third-order valence-electron chi connectivity index (χ3n) is 5.01. The van der Waals surface area contributed by atoms with Crippen LogP contribution in [0.2, 0.25) is 5.02 Å². The number of aromatic nitrogens is 6. The molecule has 3 aromatic heterocycles. The van der Waals surface area contributed by atoms with Crippen molar-refractivity contribution >= 4 is 11.6 Å². The zero-order valence-corrected chi connectivity index (χ0v) is 17.6. The molecule has 0 bridgehead atoms. The van der Waals surface area contributed by atoms with Crippen LogP contribution in [0.1, 0.15) is 22.8 Å². The molecule has 0 N–H and O–H groups in total. The van der Waals surface area contributed by atoms with Crippen molar-refractivity contribution in [2.75, 3.05) is 14.2 Å². The van der Waals surface area contributed by atoms with Crippen molar-refractivity contribution < 1.29 is 9.47 Å². The van der Waals surface area contributed by atoms with Gasteiger partial charge in [0.1, 0.15) is 24.4 Å². The van der Waals surface area contributed by atoms with Gasteiger partial charge in [-0.3, -0.25) is 9.55 Å². The second-order valence-corrected chi connectivity index (χ2v) is 7.33. The summed E-state index contributed by atoms with van der Waals surface area (Å²) in [7, 11) is 3.23. The smallest absolute Gasteiger partial charge is 0.166 e. The number of hydrogen-bond donors (Lipinski definition) is 0. The van der Waals surface area contributed by atoms with Crippen molar-refractivity contribution in [3.05, 3.63) is 70.8 Å². The molecule has 1 aromatic carbocycles. The summed E-state index contributed by atoms with van der Waals surface area (Å²) in [6.07, 6.45) is 5.10. The van der Waals surface area contributed by atoms with E-state index in [0.29, 0.717) is 35.4 Å². The molecule has 1 aliphatic heterocycles. The number of fused-ring (bicyclic) bond motifs is 5. The Balaban J connectivity index is 1.66. The zero-order chi connectivity index (χ0) is 21.4. The maximum Gasteiger partial charge on any atom is 0.166 e. The normalized spacial score (nSPS) is 11.6. The van der Waals surface area contributed by atoms with Crippen LogP contribution in [0.25, 0.3) is 17.1 Å². The van der Waals surface area contributed by atoms with Crippen LogP contribution >= 0.6 is 11.6 Å². The molecule has 154 valence electrons. The number of imidazole rings is 1. The van der Waals surface area contributed by atoms with Crippen LogP contribution in [0, 0.1) is 11.8 Å². The average Bonchev–Trinajstić information content (AvgIpc) is 3.34. The molecule has 0 fully saturated rings. The summed E-state index contributed by atoms with van der Waals surface area (Å²) in [5.41, 5.74) is 4.11. The second kappa shape index (κ2) is 7.87. The van der Waals surface area contributed by atoms with Crippen LogP contribution < -0.4 is 4.74 Å². The molecule has 31 heavy (non-hydrogen) atoms. The van der Waals surface area contributed by atoms with E-state index < -0.39 is 0 Å². The summed E-state index contributed by atoms with van der Waals surface area (Å²) in [6.45, 7) is 0.835. The minimum absolute atomic E-state index is 0.341. The Bertz CT molecular complexity index is 1350. The fraction of sp³-hybridized carbons (Fsp3) is 0.182. The zero-order valence-electron chi connectivity index (χ0n) is 16.8. The third kappa shape index (κ3) is 3.44. The van der Waals surface area contributed by atoms with E-state index in [4.69, 9.17) is 21.1 Å². The number of hydrogen-bond acceptors (Lipinski definition) is 6. The van der Waals surface area contributed by atoms with Gasteiger partial charge in [0.05, 0.1) is 31.2 Å². The number of rotatable bonds is 3. The highest BCUT2D eigenvalue weighted by Crippen LogP contribution is 2.34. The summed E-state index contributed by atoms with van der Waals surface area (Å²) in [5, 5.41) is 9.34. The van der Waals surface area contributed by atoms with Crippen LogP contribution in [-0.2, 0) is 17.9 Å². The highest BCUT2D eigenvalue weighted by Gasteiger charge is 2.25. The summed E-state index contributed by atoms with van der Waals surface area (Å²) in [6, 6.07) is 7.52. The van der Waals surface area contributed by atoms with Gasteiger partial charge in [0.2, 0.25) is 0 Å². The fourth-order valence-electron chi connectivity index (χ4n) is 3.55. The SMILES string of the molecule is COCc1nnc2n1Cc1c(C#Cc3cncc(OC)c3)ncn1-c1ccc(Cl)cc1-2. The van der Waals surface area contributed by atoms with E-state index >= 15 is 0 Å². The number of ether oxygens (including phenoxy) is 2. The van der Waals surface area contributed by atoms with Crippen LogP contribution in [0.4, 0.5) is 0 Å². The topological polar surface area (TPSA) is 79.9 Å². The van der Waals surface area contributed by atoms with Crippen molar-refractivity contribution in [2.24, 2.45) is 0 Å². The minimum Gasteiger partial charge on any atom is -0.495 e. The molecule has 4 heterocycles. The first kappa shape index (κ1) is 19.3. The molecule has 4 aromatic rings. The van der Waals surface area contributed by atoms with Crippen molar-refractivity contribution in [3.8, 4) is 34.7 Å². The van der Waals surface area contributed by atoms with Crippen LogP contribution in [-0.4, -0.2) is 43.5 Å². The lowest BCUT2D eigenvalue weighted by atomic mass is 10.1. The molecule has 0 amide bonds. The molecule has 0 spiro atoms. The predicted molar refractivity (Wildman–Crippen MR) is 114 cm³/mol. The highest BCUT2D eigenvalue weighted by atomic mass is 35.5. The van der Waals surface area contributed by atoms with E-state index in [1.165, 1.54) is 0 Å². The summed E-state index contributed by atoms with van der Waals surface area (Å²) in [4.78, 5) is 8.72. The molecule has 9 heteroatoms. The number of halogens is 1. The first-order chi connectivity index (χ1) is 15.2. The molecule has 0 radical (unpaired) electrons. The lowest BCUT2D eigenvalue weighted by Gasteiger charge is -2.08. The molecular formula is C22H17ClN6O2. The maximum atomic E-state index is 6.29. The van der Waals surface area contributed by atoms with Gasteiger partial charge in [-0.15, -0.1) is 10.2 Å². The van der Waals surface area contributed by atoms with Gasteiger partial charge in [0, 0.05) is 29.5 Å². The predicted octanol–water partition coefficient (Wildman–Crippen LogP) is 3.10. The molecule has 8 nitrogen and oxygen atoms in total. The van der Waals surface area contributed by atoms with E-state index in [9.17, 15) is 0 Å². The second-order valence-electron chi connectivity index (χ2n) is 6.89. The maximum absolute atomic E-state index is 6.29. The van der Waals surface area contributed by atoms with Crippen molar-refractivity contribution in [1.82, 2.24) is 29.3 Å². The van der Waals surface area contributed by atoms with Crippen LogP contribution in [0.15, 0.2) is 43.0 Å². The standard InChI is InChI=1S/C22H17ClN6O2/c1-30-12-21-26-27-22-17-8-15(23)4-6-19(17)29-13-25-18(20(29)11-28(21)22)5-3-14-7-16(31-2)10-24-9-14/h4,6-10,13H,11-12H2,1-2H3. The Labute approximate surface area is 183 Å².